The molecule has 162 valence electrons. The fraction of sp³-hybridized carbons (Fsp3) is 0.364. The number of amides is 1. The fourth-order valence-electron chi connectivity index (χ4n) is 2.63. The number of aromatic carboxylic acids is 1. The molecule has 1 amide bonds. The number of carbonyl (C=O) groups excluding carboxylic acids is 1. The number of rotatable bonds is 8. The summed E-state index contributed by atoms with van der Waals surface area (Å²) in [4.78, 5) is 23.2. The SMILES string of the molecule is COc1ccc(-c2cc(OCCNC(=O)OC(C)(C)C)cc(C(=O)O)c2)c(OC)c1. The van der Waals surface area contributed by atoms with Crippen LogP contribution in [0, 0.1) is 0 Å². The van der Waals surface area contributed by atoms with E-state index < -0.39 is 17.7 Å². The van der Waals surface area contributed by atoms with E-state index in [0.717, 1.165) is 0 Å². The summed E-state index contributed by atoms with van der Waals surface area (Å²) in [5.41, 5.74) is 0.788. The lowest BCUT2D eigenvalue weighted by Crippen LogP contribution is -2.34. The average Bonchev–Trinajstić information content (AvgIpc) is 2.69. The molecule has 30 heavy (non-hydrogen) atoms. The summed E-state index contributed by atoms with van der Waals surface area (Å²) in [6.45, 7) is 5.66. The van der Waals surface area contributed by atoms with Crippen LogP contribution < -0.4 is 19.5 Å². The maximum absolute atomic E-state index is 11.7. The lowest BCUT2D eigenvalue weighted by atomic mass is 10.0. The van der Waals surface area contributed by atoms with E-state index in [9.17, 15) is 14.7 Å². The molecule has 8 heteroatoms. The fourth-order valence-corrected chi connectivity index (χ4v) is 2.63. The maximum atomic E-state index is 11.7. The lowest BCUT2D eigenvalue weighted by Gasteiger charge is -2.19. The summed E-state index contributed by atoms with van der Waals surface area (Å²) in [5.74, 6) is 0.430. The topological polar surface area (TPSA) is 103 Å². The smallest absolute Gasteiger partial charge is 0.407 e. The van der Waals surface area contributed by atoms with Gasteiger partial charge >= 0.3 is 12.1 Å². The van der Waals surface area contributed by atoms with Crippen LogP contribution in [-0.4, -0.2) is 50.1 Å². The molecule has 0 fully saturated rings. The van der Waals surface area contributed by atoms with Crippen molar-refractivity contribution < 1.29 is 33.6 Å². The zero-order valence-electron chi connectivity index (χ0n) is 17.8. The Balaban J connectivity index is 2.17. The van der Waals surface area contributed by atoms with E-state index in [2.05, 4.69) is 5.32 Å². The van der Waals surface area contributed by atoms with Gasteiger partial charge in [0.15, 0.2) is 0 Å². The molecule has 2 aromatic rings. The van der Waals surface area contributed by atoms with Crippen molar-refractivity contribution in [1.29, 1.82) is 0 Å². The van der Waals surface area contributed by atoms with E-state index >= 15 is 0 Å². The Morgan fingerprint density at radius 2 is 1.73 bits per heavy atom. The normalized spacial score (nSPS) is 10.8. The highest BCUT2D eigenvalue weighted by atomic mass is 16.6. The van der Waals surface area contributed by atoms with Gasteiger partial charge in [-0.05, 0) is 56.7 Å². The summed E-state index contributed by atoms with van der Waals surface area (Å²) in [5, 5.41) is 12.0. The molecule has 0 radical (unpaired) electrons. The number of alkyl carbamates (subject to hydrolysis) is 1. The van der Waals surface area contributed by atoms with E-state index in [1.807, 2.05) is 0 Å². The molecule has 8 nitrogen and oxygen atoms in total. The van der Waals surface area contributed by atoms with Crippen LogP contribution in [0.1, 0.15) is 31.1 Å². The number of carboxylic acid groups (broad SMARTS) is 1. The van der Waals surface area contributed by atoms with Gasteiger partial charge < -0.3 is 29.4 Å². The van der Waals surface area contributed by atoms with Gasteiger partial charge in [-0.1, -0.05) is 0 Å². The van der Waals surface area contributed by atoms with Crippen LogP contribution in [-0.2, 0) is 4.74 Å². The molecule has 0 aliphatic heterocycles. The second-order valence-electron chi connectivity index (χ2n) is 7.39. The minimum absolute atomic E-state index is 0.0699. The van der Waals surface area contributed by atoms with Crippen LogP contribution >= 0.6 is 0 Å². The zero-order valence-corrected chi connectivity index (χ0v) is 17.8. The molecule has 0 unspecified atom stereocenters. The molecule has 0 atom stereocenters. The van der Waals surface area contributed by atoms with E-state index in [1.54, 1.807) is 58.2 Å². The number of carboxylic acids is 1. The first-order valence-electron chi connectivity index (χ1n) is 9.33. The first-order valence-corrected chi connectivity index (χ1v) is 9.33. The number of hydrogen-bond acceptors (Lipinski definition) is 6. The van der Waals surface area contributed by atoms with Gasteiger partial charge in [-0.2, -0.15) is 0 Å². The number of hydrogen-bond donors (Lipinski definition) is 2. The minimum atomic E-state index is -1.08. The first kappa shape index (κ1) is 22.9. The van der Waals surface area contributed by atoms with Crippen molar-refractivity contribution in [3.05, 3.63) is 42.0 Å². The molecule has 0 aliphatic rings. The van der Waals surface area contributed by atoms with Crippen LogP contribution in [0.4, 0.5) is 4.79 Å². The molecule has 2 rings (SSSR count). The standard InChI is InChI=1S/C22H27NO7/c1-22(2,3)30-21(26)23-8-9-29-17-11-14(10-15(12-17)20(24)25)18-7-6-16(27-4)13-19(18)28-5/h6-7,10-13H,8-9H2,1-5H3,(H,23,26)(H,24,25). The summed E-state index contributed by atoms with van der Waals surface area (Å²) < 4.78 is 21.4. The molecule has 2 aromatic carbocycles. The van der Waals surface area contributed by atoms with E-state index in [1.165, 1.54) is 13.2 Å². The lowest BCUT2D eigenvalue weighted by molar-refractivity contribution is 0.0520. The van der Waals surface area contributed by atoms with Gasteiger partial charge in [0.25, 0.3) is 0 Å². The third-order valence-corrected chi connectivity index (χ3v) is 3.91. The Bertz CT molecular complexity index is 903. The first-order chi connectivity index (χ1) is 14.1. The quantitative estimate of drug-likeness (QED) is 0.626. The Morgan fingerprint density at radius 1 is 1.00 bits per heavy atom. The molecular formula is C22H27NO7. The molecular weight excluding hydrogens is 390 g/mol. The highest BCUT2D eigenvalue weighted by molar-refractivity contribution is 5.90. The van der Waals surface area contributed by atoms with Gasteiger partial charge in [0.2, 0.25) is 0 Å². The molecule has 0 saturated carbocycles. The van der Waals surface area contributed by atoms with Crippen molar-refractivity contribution in [2.45, 2.75) is 26.4 Å². The number of nitrogens with one attached hydrogen (secondary N) is 1. The minimum Gasteiger partial charge on any atom is -0.497 e. The van der Waals surface area contributed by atoms with Gasteiger partial charge in [-0.25, -0.2) is 9.59 Å². The molecule has 0 bridgehead atoms. The van der Waals surface area contributed by atoms with Crippen LogP contribution in [0.2, 0.25) is 0 Å². The Labute approximate surface area is 175 Å². The summed E-state index contributed by atoms with van der Waals surface area (Å²) >= 11 is 0. The van der Waals surface area contributed by atoms with E-state index in [4.69, 9.17) is 18.9 Å². The molecule has 2 N–H and O–H groups in total. The van der Waals surface area contributed by atoms with E-state index in [-0.39, 0.29) is 18.7 Å². The van der Waals surface area contributed by atoms with Gasteiger partial charge in [0.05, 0.1) is 26.3 Å². The Kier molecular flexibility index (Phi) is 7.52. The van der Waals surface area contributed by atoms with Crippen LogP contribution in [0.15, 0.2) is 36.4 Å². The highest BCUT2D eigenvalue weighted by Crippen LogP contribution is 2.35. The number of carbonyl (C=O) groups is 2. The second-order valence-corrected chi connectivity index (χ2v) is 7.39. The highest BCUT2D eigenvalue weighted by Gasteiger charge is 2.16. The molecule has 0 heterocycles. The van der Waals surface area contributed by atoms with Crippen LogP contribution in [0.25, 0.3) is 11.1 Å². The molecule has 0 saturated heterocycles. The summed E-state index contributed by atoms with van der Waals surface area (Å²) in [6, 6.07) is 9.94. The molecule has 0 aromatic heterocycles. The maximum Gasteiger partial charge on any atom is 0.407 e. The summed E-state index contributed by atoms with van der Waals surface area (Å²) in [6.07, 6.45) is -0.547. The van der Waals surface area contributed by atoms with Gasteiger partial charge in [-0.3, -0.25) is 0 Å². The number of ether oxygens (including phenoxy) is 4. The van der Waals surface area contributed by atoms with E-state index in [0.29, 0.717) is 28.4 Å². The number of methoxy groups -OCH3 is 2. The van der Waals surface area contributed by atoms with Crippen molar-refractivity contribution in [1.82, 2.24) is 5.32 Å². The Morgan fingerprint density at radius 3 is 2.33 bits per heavy atom. The molecule has 0 aliphatic carbocycles. The van der Waals surface area contributed by atoms with Gasteiger partial charge in [0, 0.05) is 11.6 Å². The third-order valence-electron chi connectivity index (χ3n) is 3.91. The predicted octanol–water partition coefficient (Wildman–Crippen LogP) is 3.97. The Hall–Kier alpha value is -3.42. The van der Waals surface area contributed by atoms with Crippen molar-refractivity contribution in [3.63, 3.8) is 0 Å². The van der Waals surface area contributed by atoms with Crippen molar-refractivity contribution in [2.24, 2.45) is 0 Å². The van der Waals surface area contributed by atoms with Gasteiger partial charge in [0.1, 0.15) is 29.5 Å². The average molecular weight is 417 g/mol. The van der Waals surface area contributed by atoms with Crippen LogP contribution in [0.3, 0.4) is 0 Å². The van der Waals surface area contributed by atoms with Crippen LogP contribution in [0.5, 0.6) is 17.2 Å². The largest absolute Gasteiger partial charge is 0.497 e. The number of benzene rings is 2. The van der Waals surface area contributed by atoms with Crippen molar-refractivity contribution >= 4 is 12.1 Å². The third kappa shape index (κ3) is 6.58. The monoisotopic (exact) mass is 417 g/mol. The van der Waals surface area contributed by atoms with Gasteiger partial charge in [-0.15, -0.1) is 0 Å². The van der Waals surface area contributed by atoms with Crippen molar-refractivity contribution in [3.8, 4) is 28.4 Å². The predicted molar refractivity (Wildman–Crippen MR) is 112 cm³/mol. The second kappa shape index (κ2) is 9.87. The summed E-state index contributed by atoms with van der Waals surface area (Å²) in [7, 11) is 3.08. The van der Waals surface area contributed by atoms with Crippen molar-refractivity contribution in [2.75, 3.05) is 27.4 Å². The molecule has 0 spiro atoms. The zero-order chi connectivity index (χ0) is 22.3.